The lowest BCUT2D eigenvalue weighted by atomic mass is 10.0. The Morgan fingerprint density at radius 1 is 1.25 bits per heavy atom. The van der Waals surface area contributed by atoms with E-state index in [0.717, 1.165) is 12.5 Å². The van der Waals surface area contributed by atoms with Crippen LogP contribution in [0.1, 0.15) is 55.8 Å². The van der Waals surface area contributed by atoms with E-state index in [4.69, 9.17) is 0 Å². The van der Waals surface area contributed by atoms with Gasteiger partial charge in [0.05, 0.1) is 0 Å². The lowest BCUT2D eigenvalue weighted by Gasteiger charge is -2.18. The number of hydrogen-bond acceptors (Lipinski definition) is 2. The first-order valence-electron chi connectivity index (χ1n) is 6.43. The van der Waals surface area contributed by atoms with E-state index in [-0.39, 0.29) is 0 Å². The molecular weight excluding hydrogens is 214 g/mol. The van der Waals surface area contributed by atoms with Crippen LogP contribution in [-0.4, -0.2) is 6.54 Å². The molecule has 1 rings (SSSR count). The Hall–Kier alpha value is -0.340. The normalized spacial score (nSPS) is 13.3. The fourth-order valence-electron chi connectivity index (χ4n) is 1.80. The lowest BCUT2D eigenvalue weighted by Crippen LogP contribution is -2.21. The molecule has 0 radical (unpaired) electrons. The maximum Gasteiger partial charge on any atom is 0.0414 e. The van der Waals surface area contributed by atoms with Crippen molar-refractivity contribution in [3.05, 3.63) is 21.9 Å². The van der Waals surface area contributed by atoms with E-state index in [1.165, 1.54) is 29.0 Å². The topological polar surface area (TPSA) is 12.0 Å². The number of hydrogen-bond donors (Lipinski definition) is 1. The average Bonchev–Trinajstić information content (AvgIpc) is 2.64. The standard InChI is InChI=1S/C14H25NS/c1-5-10-15-13(8-6-11(2)3)14-9-7-12(4)16-14/h7,9,11,13,15H,5-6,8,10H2,1-4H3. The van der Waals surface area contributed by atoms with Crippen molar-refractivity contribution < 1.29 is 0 Å². The molecule has 1 atom stereocenters. The van der Waals surface area contributed by atoms with Crippen LogP contribution in [0.3, 0.4) is 0 Å². The molecule has 16 heavy (non-hydrogen) atoms. The molecule has 0 spiro atoms. The molecule has 0 saturated carbocycles. The van der Waals surface area contributed by atoms with Gasteiger partial charge in [-0.1, -0.05) is 20.8 Å². The van der Waals surface area contributed by atoms with Crippen molar-refractivity contribution in [1.82, 2.24) is 5.32 Å². The van der Waals surface area contributed by atoms with Gasteiger partial charge in [0.1, 0.15) is 0 Å². The molecule has 1 aromatic rings. The molecule has 0 aliphatic rings. The van der Waals surface area contributed by atoms with Gasteiger partial charge in [-0.2, -0.15) is 0 Å². The van der Waals surface area contributed by atoms with Gasteiger partial charge in [0.25, 0.3) is 0 Å². The maximum absolute atomic E-state index is 3.66. The Morgan fingerprint density at radius 3 is 2.50 bits per heavy atom. The molecule has 0 aromatic carbocycles. The van der Waals surface area contributed by atoms with Crippen molar-refractivity contribution in [1.29, 1.82) is 0 Å². The molecule has 0 fully saturated rings. The highest BCUT2D eigenvalue weighted by Crippen LogP contribution is 2.27. The third kappa shape index (κ3) is 4.67. The summed E-state index contributed by atoms with van der Waals surface area (Å²) in [6.07, 6.45) is 3.78. The third-order valence-electron chi connectivity index (χ3n) is 2.78. The molecule has 92 valence electrons. The Bertz CT molecular complexity index is 291. The summed E-state index contributed by atoms with van der Waals surface area (Å²) in [5.41, 5.74) is 0. The molecule has 0 aliphatic carbocycles. The predicted octanol–water partition coefficient (Wildman–Crippen LogP) is 4.53. The zero-order valence-corrected chi connectivity index (χ0v) is 11.9. The number of thiophene rings is 1. The number of nitrogens with one attached hydrogen (secondary N) is 1. The third-order valence-corrected chi connectivity index (χ3v) is 3.89. The van der Waals surface area contributed by atoms with Crippen molar-refractivity contribution in [2.75, 3.05) is 6.54 Å². The van der Waals surface area contributed by atoms with E-state index in [2.05, 4.69) is 45.1 Å². The Labute approximate surface area is 104 Å². The van der Waals surface area contributed by atoms with Crippen LogP contribution in [0.25, 0.3) is 0 Å². The minimum absolute atomic E-state index is 0.570. The second-order valence-corrected chi connectivity index (χ2v) is 6.25. The summed E-state index contributed by atoms with van der Waals surface area (Å²) in [6.45, 7) is 10.1. The van der Waals surface area contributed by atoms with Crippen LogP contribution >= 0.6 is 11.3 Å². The minimum Gasteiger partial charge on any atom is -0.309 e. The smallest absolute Gasteiger partial charge is 0.0414 e. The van der Waals surface area contributed by atoms with Crippen LogP contribution in [-0.2, 0) is 0 Å². The van der Waals surface area contributed by atoms with Crippen molar-refractivity contribution in [3.8, 4) is 0 Å². The summed E-state index contributed by atoms with van der Waals surface area (Å²) >= 11 is 1.94. The quantitative estimate of drug-likeness (QED) is 0.737. The van der Waals surface area contributed by atoms with E-state index >= 15 is 0 Å². The zero-order valence-electron chi connectivity index (χ0n) is 11.0. The van der Waals surface area contributed by atoms with Crippen molar-refractivity contribution >= 4 is 11.3 Å². The first kappa shape index (κ1) is 13.7. The van der Waals surface area contributed by atoms with Gasteiger partial charge in [-0.15, -0.1) is 11.3 Å². The summed E-state index contributed by atoms with van der Waals surface area (Å²) < 4.78 is 0. The first-order valence-corrected chi connectivity index (χ1v) is 7.24. The Kier molecular flexibility index (Phi) is 6.07. The van der Waals surface area contributed by atoms with Crippen LogP contribution in [0.2, 0.25) is 0 Å². The molecule has 2 heteroatoms. The molecule has 1 N–H and O–H groups in total. The highest BCUT2D eigenvalue weighted by molar-refractivity contribution is 7.12. The molecule has 0 amide bonds. The summed E-state index contributed by atoms with van der Waals surface area (Å²) in [7, 11) is 0. The fraction of sp³-hybridized carbons (Fsp3) is 0.714. The highest BCUT2D eigenvalue weighted by atomic mass is 32.1. The summed E-state index contributed by atoms with van der Waals surface area (Å²) in [5, 5.41) is 3.66. The van der Waals surface area contributed by atoms with Gasteiger partial charge in [-0.05, 0) is 50.8 Å². The number of rotatable bonds is 7. The lowest BCUT2D eigenvalue weighted by molar-refractivity contribution is 0.445. The molecule has 0 aliphatic heterocycles. The van der Waals surface area contributed by atoms with Crippen LogP contribution in [0, 0.1) is 12.8 Å². The maximum atomic E-state index is 3.66. The van der Waals surface area contributed by atoms with Crippen LogP contribution in [0.15, 0.2) is 12.1 Å². The van der Waals surface area contributed by atoms with Crippen LogP contribution in [0.4, 0.5) is 0 Å². The van der Waals surface area contributed by atoms with Gasteiger partial charge in [-0.3, -0.25) is 0 Å². The summed E-state index contributed by atoms with van der Waals surface area (Å²) in [5.74, 6) is 0.798. The monoisotopic (exact) mass is 239 g/mol. The Balaban J connectivity index is 2.55. The second kappa shape index (κ2) is 7.08. The summed E-state index contributed by atoms with van der Waals surface area (Å²) in [4.78, 5) is 2.93. The highest BCUT2D eigenvalue weighted by Gasteiger charge is 2.12. The van der Waals surface area contributed by atoms with Crippen LogP contribution in [0.5, 0.6) is 0 Å². The Morgan fingerprint density at radius 2 is 2.00 bits per heavy atom. The van der Waals surface area contributed by atoms with E-state index < -0.39 is 0 Å². The average molecular weight is 239 g/mol. The first-order chi connectivity index (χ1) is 7.63. The van der Waals surface area contributed by atoms with E-state index in [0.29, 0.717) is 6.04 Å². The largest absolute Gasteiger partial charge is 0.309 e. The molecule has 1 heterocycles. The molecule has 0 bridgehead atoms. The fourth-order valence-corrected chi connectivity index (χ4v) is 2.79. The van der Waals surface area contributed by atoms with Gasteiger partial charge in [-0.25, -0.2) is 0 Å². The molecule has 1 unspecified atom stereocenters. The van der Waals surface area contributed by atoms with Crippen molar-refractivity contribution in [2.24, 2.45) is 5.92 Å². The van der Waals surface area contributed by atoms with E-state index in [1.54, 1.807) is 0 Å². The van der Waals surface area contributed by atoms with Gasteiger partial charge < -0.3 is 5.32 Å². The molecule has 1 aromatic heterocycles. The van der Waals surface area contributed by atoms with Crippen molar-refractivity contribution in [3.63, 3.8) is 0 Å². The van der Waals surface area contributed by atoms with Crippen molar-refractivity contribution in [2.45, 2.75) is 53.0 Å². The van der Waals surface area contributed by atoms with Crippen LogP contribution < -0.4 is 5.32 Å². The van der Waals surface area contributed by atoms with Gasteiger partial charge >= 0.3 is 0 Å². The van der Waals surface area contributed by atoms with Gasteiger partial charge in [0.15, 0.2) is 0 Å². The minimum atomic E-state index is 0.570. The van der Waals surface area contributed by atoms with E-state index in [1.807, 2.05) is 11.3 Å². The predicted molar refractivity (Wildman–Crippen MR) is 74.2 cm³/mol. The van der Waals surface area contributed by atoms with E-state index in [9.17, 15) is 0 Å². The van der Waals surface area contributed by atoms with Gasteiger partial charge in [0, 0.05) is 15.8 Å². The van der Waals surface area contributed by atoms with Gasteiger partial charge in [0.2, 0.25) is 0 Å². The zero-order chi connectivity index (χ0) is 12.0. The summed E-state index contributed by atoms with van der Waals surface area (Å²) in [6, 6.07) is 5.09. The molecule has 0 saturated heterocycles. The molecular formula is C14H25NS. The SMILES string of the molecule is CCCNC(CCC(C)C)c1ccc(C)s1. The molecule has 1 nitrogen and oxygen atoms in total. The number of aryl methyl sites for hydroxylation is 1. The second-order valence-electron chi connectivity index (χ2n) is 4.93.